The number of imidazole rings is 1. The van der Waals surface area contributed by atoms with Gasteiger partial charge in [-0.15, -0.1) is 0 Å². The van der Waals surface area contributed by atoms with Gasteiger partial charge < -0.3 is 24.7 Å². The summed E-state index contributed by atoms with van der Waals surface area (Å²) in [4.78, 5) is 24.7. The second-order valence-electron chi connectivity index (χ2n) is 7.51. The first-order chi connectivity index (χ1) is 14.8. The summed E-state index contributed by atoms with van der Waals surface area (Å²) in [6.07, 6.45) is 1.60. The molecule has 2 aliphatic heterocycles. The molecule has 2 amide bonds. The minimum Gasteiger partial charge on any atom is -0.379 e. The van der Waals surface area contributed by atoms with Gasteiger partial charge in [0.1, 0.15) is 5.69 Å². The first kappa shape index (κ1) is 19.0. The number of H-pyrrole nitrogens is 2. The number of nitrogens with one attached hydrogen (secondary N) is 3. The number of carbonyl (C=O) groups excluding carboxylic acids is 1. The molecule has 0 aliphatic carbocycles. The lowest BCUT2D eigenvalue weighted by Crippen LogP contribution is -2.43. The topological polar surface area (TPSA) is 111 Å². The van der Waals surface area contributed by atoms with Gasteiger partial charge in [0, 0.05) is 32.7 Å². The van der Waals surface area contributed by atoms with E-state index in [1.807, 2.05) is 6.07 Å². The summed E-state index contributed by atoms with van der Waals surface area (Å²) in [7, 11) is 0. The van der Waals surface area contributed by atoms with Gasteiger partial charge in [0.15, 0.2) is 5.82 Å². The van der Waals surface area contributed by atoms with Gasteiger partial charge in [-0.1, -0.05) is 6.07 Å². The van der Waals surface area contributed by atoms with Gasteiger partial charge in [-0.25, -0.2) is 9.78 Å². The Bertz CT molecular complexity index is 1020. The molecular weight excluding hydrogens is 386 g/mol. The van der Waals surface area contributed by atoms with E-state index in [1.54, 1.807) is 11.1 Å². The van der Waals surface area contributed by atoms with Gasteiger partial charge in [-0.05, 0) is 17.7 Å². The summed E-state index contributed by atoms with van der Waals surface area (Å²) in [6, 6.07) is 6.10. The molecule has 0 spiro atoms. The number of urea groups is 1. The molecule has 5 rings (SSSR count). The van der Waals surface area contributed by atoms with E-state index in [4.69, 9.17) is 9.47 Å². The van der Waals surface area contributed by atoms with Gasteiger partial charge >= 0.3 is 6.03 Å². The molecule has 0 unspecified atom stereocenters. The number of carbonyl (C=O) groups is 1. The first-order valence-corrected chi connectivity index (χ1v) is 10.2. The van der Waals surface area contributed by atoms with Crippen LogP contribution in [0.25, 0.3) is 22.6 Å². The highest BCUT2D eigenvalue weighted by Gasteiger charge is 2.20. The molecule has 2 aliphatic rings. The average Bonchev–Trinajstić information content (AvgIpc) is 3.41. The highest BCUT2D eigenvalue weighted by Crippen LogP contribution is 2.26. The lowest BCUT2D eigenvalue weighted by molar-refractivity contribution is 0.0342. The van der Waals surface area contributed by atoms with Crippen LogP contribution in [-0.2, 0) is 16.0 Å². The number of hydrogen-bond donors (Lipinski definition) is 3. The third-order valence-electron chi connectivity index (χ3n) is 5.47. The van der Waals surface area contributed by atoms with Crippen LogP contribution in [0.5, 0.6) is 0 Å². The second kappa shape index (κ2) is 8.42. The third kappa shape index (κ3) is 4.02. The number of fused-ring (bicyclic) bond motifs is 1. The van der Waals surface area contributed by atoms with E-state index < -0.39 is 0 Å². The smallest absolute Gasteiger partial charge is 0.322 e. The molecule has 0 saturated carbocycles. The molecule has 10 heteroatoms. The molecule has 2 saturated heterocycles. The van der Waals surface area contributed by atoms with Crippen LogP contribution in [-0.4, -0.2) is 88.6 Å². The molecule has 0 radical (unpaired) electrons. The Morgan fingerprint density at radius 1 is 1.10 bits per heavy atom. The molecule has 10 nitrogen and oxygen atoms in total. The summed E-state index contributed by atoms with van der Waals surface area (Å²) < 4.78 is 10.7. The van der Waals surface area contributed by atoms with Crippen molar-refractivity contribution in [1.29, 1.82) is 0 Å². The standard InChI is InChI=1S/C20H25N7O3/c28-20(27-5-9-30-10-6-27)24-17-12-21-25-18(17)19-22-15-2-1-14(11-16(15)23-19)13-26-3-7-29-8-4-26/h1-2,11-12H,3-10,13H2,(H,21,25)(H,22,23)(H,24,28). The number of morpholine rings is 2. The van der Waals surface area contributed by atoms with E-state index in [2.05, 4.69) is 42.5 Å². The molecule has 0 bridgehead atoms. The summed E-state index contributed by atoms with van der Waals surface area (Å²) in [5, 5.41) is 9.98. The van der Waals surface area contributed by atoms with Gasteiger partial charge in [-0.3, -0.25) is 10.00 Å². The molecular formula is C20H25N7O3. The van der Waals surface area contributed by atoms with Gasteiger partial charge in [0.2, 0.25) is 0 Å². The Balaban J connectivity index is 1.33. The molecule has 30 heavy (non-hydrogen) atoms. The van der Waals surface area contributed by atoms with Crippen LogP contribution in [0.2, 0.25) is 0 Å². The average molecular weight is 411 g/mol. The van der Waals surface area contributed by atoms with Crippen LogP contribution in [0, 0.1) is 0 Å². The van der Waals surface area contributed by atoms with Crippen molar-refractivity contribution >= 4 is 22.8 Å². The third-order valence-corrected chi connectivity index (χ3v) is 5.47. The van der Waals surface area contributed by atoms with Crippen molar-refractivity contribution in [2.75, 3.05) is 57.9 Å². The van der Waals surface area contributed by atoms with E-state index in [9.17, 15) is 4.79 Å². The maximum atomic E-state index is 12.5. The summed E-state index contributed by atoms with van der Waals surface area (Å²) in [5.74, 6) is 0.642. The predicted octanol–water partition coefficient (Wildman–Crippen LogP) is 1.65. The maximum Gasteiger partial charge on any atom is 0.322 e. The number of nitrogens with zero attached hydrogens (tertiary/aromatic N) is 4. The minimum atomic E-state index is -0.162. The molecule has 1 aromatic carbocycles. The normalized spacial score (nSPS) is 18.1. The number of benzene rings is 1. The molecule has 158 valence electrons. The van der Waals surface area contributed by atoms with Crippen molar-refractivity contribution in [1.82, 2.24) is 30.0 Å². The Morgan fingerprint density at radius 2 is 1.87 bits per heavy atom. The largest absolute Gasteiger partial charge is 0.379 e. The van der Waals surface area contributed by atoms with E-state index in [1.165, 1.54) is 5.56 Å². The molecule has 2 aromatic heterocycles. The van der Waals surface area contributed by atoms with Crippen molar-refractivity contribution in [3.05, 3.63) is 30.0 Å². The van der Waals surface area contributed by atoms with Crippen molar-refractivity contribution in [2.24, 2.45) is 0 Å². The Labute approximate surface area is 173 Å². The van der Waals surface area contributed by atoms with Crippen LogP contribution in [0.1, 0.15) is 5.56 Å². The zero-order valence-corrected chi connectivity index (χ0v) is 16.7. The summed E-state index contributed by atoms with van der Waals surface area (Å²) in [5.41, 5.74) is 4.30. The SMILES string of the molecule is O=C(Nc1cn[nH]c1-c1nc2ccc(CN3CCOCC3)cc2[nH]1)N1CCOCC1. The lowest BCUT2D eigenvalue weighted by Gasteiger charge is -2.26. The number of anilines is 1. The number of hydrogen-bond acceptors (Lipinski definition) is 6. The van der Waals surface area contributed by atoms with Crippen molar-refractivity contribution in [2.45, 2.75) is 6.54 Å². The predicted molar refractivity (Wildman–Crippen MR) is 111 cm³/mol. The van der Waals surface area contributed by atoms with Gasteiger partial charge in [0.25, 0.3) is 0 Å². The molecule has 2 fully saturated rings. The highest BCUT2D eigenvalue weighted by atomic mass is 16.5. The number of aromatic amines is 2. The van der Waals surface area contributed by atoms with Crippen molar-refractivity contribution < 1.29 is 14.3 Å². The Hall–Kier alpha value is -2.95. The zero-order valence-electron chi connectivity index (χ0n) is 16.7. The summed E-state index contributed by atoms with van der Waals surface area (Å²) >= 11 is 0. The van der Waals surface area contributed by atoms with Crippen LogP contribution >= 0.6 is 0 Å². The first-order valence-electron chi connectivity index (χ1n) is 10.2. The minimum absolute atomic E-state index is 0.162. The molecule has 0 atom stereocenters. The fraction of sp³-hybridized carbons (Fsp3) is 0.450. The number of aromatic nitrogens is 4. The Morgan fingerprint density at radius 3 is 2.67 bits per heavy atom. The zero-order chi connectivity index (χ0) is 20.3. The molecule has 3 aromatic rings. The fourth-order valence-corrected chi connectivity index (χ4v) is 3.81. The molecule has 4 heterocycles. The van der Waals surface area contributed by atoms with E-state index in [-0.39, 0.29) is 6.03 Å². The van der Waals surface area contributed by atoms with Crippen molar-refractivity contribution in [3.63, 3.8) is 0 Å². The second-order valence-corrected chi connectivity index (χ2v) is 7.51. The maximum absolute atomic E-state index is 12.5. The van der Waals surface area contributed by atoms with Gasteiger partial charge in [-0.2, -0.15) is 5.10 Å². The van der Waals surface area contributed by atoms with Crippen LogP contribution in [0.3, 0.4) is 0 Å². The highest BCUT2D eigenvalue weighted by molar-refractivity contribution is 5.93. The number of rotatable bonds is 4. The van der Waals surface area contributed by atoms with Crippen molar-refractivity contribution in [3.8, 4) is 11.5 Å². The lowest BCUT2D eigenvalue weighted by atomic mass is 10.2. The van der Waals surface area contributed by atoms with Crippen LogP contribution < -0.4 is 5.32 Å². The van der Waals surface area contributed by atoms with Crippen LogP contribution in [0.15, 0.2) is 24.4 Å². The monoisotopic (exact) mass is 411 g/mol. The Kier molecular flexibility index (Phi) is 5.35. The van der Waals surface area contributed by atoms with Gasteiger partial charge in [0.05, 0.1) is 49.3 Å². The number of ether oxygens (including phenoxy) is 2. The van der Waals surface area contributed by atoms with E-state index >= 15 is 0 Å². The molecule has 3 N–H and O–H groups in total. The summed E-state index contributed by atoms with van der Waals surface area (Å²) in [6.45, 7) is 6.64. The van der Waals surface area contributed by atoms with E-state index in [0.29, 0.717) is 43.5 Å². The number of amides is 2. The van der Waals surface area contributed by atoms with E-state index in [0.717, 1.165) is 43.9 Å². The quantitative estimate of drug-likeness (QED) is 0.602. The van der Waals surface area contributed by atoms with Crippen LogP contribution in [0.4, 0.5) is 10.5 Å². The fourth-order valence-electron chi connectivity index (χ4n) is 3.81.